The number of sulfonamides is 1. The molecule has 7 heteroatoms. The summed E-state index contributed by atoms with van der Waals surface area (Å²) in [6, 6.07) is 10.0. The molecule has 0 aliphatic carbocycles. The predicted molar refractivity (Wildman–Crippen MR) is 88.6 cm³/mol. The van der Waals surface area contributed by atoms with Crippen LogP contribution < -0.4 is 10.0 Å². The van der Waals surface area contributed by atoms with E-state index in [1.54, 1.807) is 30.3 Å². The van der Waals surface area contributed by atoms with E-state index in [1.807, 2.05) is 6.07 Å². The molecule has 4 nitrogen and oxygen atoms in total. The van der Waals surface area contributed by atoms with Crippen LogP contribution in [-0.4, -0.2) is 15.0 Å². The van der Waals surface area contributed by atoms with Crippen molar-refractivity contribution in [3.8, 4) is 0 Å². The molecule has 0 amide bonds. The van der Waals surface area contributed by atoms with Gasteiger partial charge in [-0.05, 0) is 58.2 Å². The number of fused-ring (bicyclic) bond motifs is 1. The summed E-state index contributed by atoms with van der Waals surface area (Å²) in [5.41, 5.74) is 2.48. The van der Waals surface area contributed by atoms with E-state index in [2.05, 4.69) is 26.0 Å². The minimum atomic E-state index is -3.62. The van der Waals surface area contributed by atoms with Crippen molar-refractivity contribution in [2.24, 2.45) is 0 Å². The standard InChI is InChI=1S/C14H12BrClN2O2S/c15-12-7-10(2-4-13(12)16)18-21(19,20)11-3-1-9-5-6-17-14(9)8-11/h1-4,7-8,17-18H,5-6H2. The van der Waals surface area contributed by atoms with Crippen LogP contribution >= 0.6 is 27.5 Å². The number of hydrogen-bond donors (Lipinski definition) is 2. The molecule has 21 heavy (non-hydrogen) atoms. The molecule has 0 aromatic heterocycles. The number of nitrogens with one attached hydrogen (secondary N) is 2. The molecule has 0 saturated heterocycles. The van der Waals surface area contributed by atoms with E-state index in [9.17, 15) is 8.42 Å². The first kappa shape index (κ1) is 14.7. The molecule has 0 radical (unpaired) electrons. The zero-order valence-electron chi connectivity index (χ0n) is 10.9. The van der Waals surface area contributed by atoms with E-state index in [1.165, 1.54) is 0 Å². The van der Waals surface area contributed by atoms with Crippen molar-refractivity contribution < 1.29 is 8.42 Å². The highest BCUT2D eigenvalue weighted by Gasteiger charge is 2.18. The average molecular weight is 388 g/mol. The molecular weight excluding hydrogens is 376 g/mol. The molecule has 1 aliphatic heterocycles. The fourth-order valence-corrected chi connectivity index (χ4v) is 3.78. The smallest absolute Gasteiger partial charge is 0.261 e. The lowest BCUT2D eigenvalue weighted by atomic mass is 10.2. The number of rotatable bonds is 3. The third-order valence-corrected chi connectivity index (χ3v) is 5.87. The van der Waals surface area contributed by atoms with Gasteiger partial charge in [0.2, 0.25) is 0 Å². The first-order valence-electron chi connectivity index (χ1n) is 6.30. The lowest BCUT2D eigenvalue weighted by Crippen LogP contribution is -2.13. The minimum absolute atomic E-state index is 0.238. The van der Waals surface area contributed by atoms with Gasteiger partial charge in [-0.3, -0.25) is 4.72 Å². The van der Waals surface area contributed by atoms with Crippen molar-refractivity contribution in [3.63, 3.8) is 0 Å². The zero-order valence-corrected chi connectivity index (χ0v) is 14.0. The first-order chi connectivity index (χ1) is 9.95. The molecule has 0 saturated carbocycles. The highest BCUT2D eigenvalue weighted by Crippen LogP contribution is 2.29. The molecule has 0 bridgehead atoms. The summed E-state index contributed by atoms with van der Waals surface area (Å²) in [6.45, 7) is 0.844. The molecule has 1 aliphatic rings. The van der Waals surface area contributed by atoms with Gasteiger partial charge in [-0.15, -0.1) is 0 Å². The third-order valence-electron chi connectivity index (χ3n) is 3.27. The van der Waals surface area contributed by atoms with E-state index in [0.717, 1.165) is 24.2 Å². The van der Waals surface area contributed by atoms with Crippen LogP contribution in [0.1, 0.15) is 5.56 Å². The molecule has 2 aromatic rings. The first-order valence-corrected chi connectivity index (χ1v) is 8.96. The SMILES string of the molecule is O=S(=O)(Nc1ccc(Cl)c(Br)c1)c1ccc2c(c1)NCC2. The number of halogens is 2. The van der Waals surface area contributed by atoms with Gasteiger partial charge in [-0.1, -0.05) is 17.7 Å². The molecule has 0 fully saturated rings. The van der Waals surface area contributed by atoms with Gasteiger partial charge in [0.05, 0.1) is 15.6 Å². The average Bonchev–Trinajstić information content (AvgIpc) is 2.90. The van der Waals surface area contributed by atoms with Crippen molar-refractivity contribution in [3.05, 3.63) is 51.5 Å². The quantitative estimate of drug-likeness (QED) is 0.840. The van der Waals surface area contributed by atoms with Crippen molar-refractivity contribution in [1.29, 1.82) is 0 Å². The number of benzene rings is 2. The predicted octanol–water partition coefficient (Wildman–Crippen LogP) is 3.87. The lowest BCUT2D eigenvalue weighted by Gasteiger charge is -2.10. The Bertz CT molecular complexity index is 809. The van der Waals surface area contributed by atoms with E-state index >= 15 is 0 Å². The van der Waals surface area contributed by atoms with Crippen LogP contribution in [0, 0.1) is 0 Å². The second-order valence-electron chi connectivity index (χ2n) is 4.73. The second kappa shape index (κ2) is 5.51. The van der Waals surface area contributed by atoms with Crippen LogP contribution in [0.4, 0.5) is 11.4 Å². The van der Waals surface area contributed by atoms with Gasteiger partial charge in [-0.25, -0.2) is 8.42 Å². The summed E-state index contributed by atoms with van der Waals surface area (Å²) >= 11 is 9.17. The molecule has 0 unspecified atom stereocenters. The molecule has 2 N–H and O–H groups in total. The van der Waals surface area contributed by atoms with Gasteiger partial charge in [0.25, 0.3) is 10.0 Å². The maximum absolute atomic E-state index is 12.4. The Balaban J connectivity index is 1.91. The van der Waals surface area contributed by atoms with E-state index < -0.39 is 10.0 Å². The van der Waals surface area contributed by atoms with Gasteiger partial charge in [0.1, 0.15) is 0 Å². The summed E-state index contributed by atoms with van der Waals surface area (Å²) in [5.74, 6) is 0. The summed E-state index contributed by atoms with van der Waals surface area (Å²) in [6.07, 6.45) is 0.924. The summed E-state index contributed by atoms with van der Waals surface area (Å²) < 4.78 is 28.0. The number of anilines is 2. The summed E-state index contributed by atoms with van der Waals surface area (Å²) in [4.78, 5) is 0.238. The molecule has 2 aromatic carbocycles. The molecule has 1 heterocycles. The van der Waals surface area contributed by atoms with Crippen molar-refractivity contribution in [1.82, 2.24) is 0 Å². The fraction of sp³-hybridized carbons (Fsp3) is 0.143. The van der Waals surface area contributed by atoms with Crippen LogP contribution in [-0.2, 0) is 16.4 Å². The Morgan fingerprint density at radius 1 is 1.19 bits per heavy atom. The van der Waals surface area contributed by atoms with Crippen molar-refractivity contribution >= 4 is 48.9 Å². The van der Waals surface area contributed by atoms with E-state index in [4.69, 9.17) is 11.6 Å². The van der Waals surface area contributed by atoms with Crippen molar-refractivity contribution in [2.45, 2.75) is 11.3 Å². The van der Waals surface area contributed by atoms with Crippen molar-refractivity contribution in [2.75, 3.05) is 16.6 Å². The molecular formula is C14H12BrClN2O2S. The summed E-state index contributed by atoms with van der Waals surface area (Å²) in [5, 5.41) is 3.70. The molecule has 110 valence electrons. The van der Waals surface area contributed by atoms with E-state index in [0.29, 0.717) is 15.2 Å². The van der Waals surface area contributed by atoms with E-state index in [-0.39, 0.29) is 4.90 Å². The fourth-order valence-electron chi connectivity index (χ4n) is 2.21. The van der Waals surface area contributed by atoms with Gasteiger partial charge in [-0.2, -0.15) is 0 Å². The topological polar surface area (TPSA) is 58.2 Å². The highest BCUT2D eigenvalue weighted by molar-refractivity contribution is 9.10. The minimum Gasteiger partial charge on any atom is -0.384 e. The Hall–Kier alpha value is -1.24. The highest BCUT2D eigenvalue weighted by atomic mass is 79.9. The Labute approximate surface area is 136 Å². The maximum Gasteiger partial charge on any atom is 0.261 e. The van der Waals surface area contributed by atoms with Gasteiger partial charge >= 0.3 is 0 Å². The second-order valence-corrected chi connectivity index (χ2v) is 7.67. The lowest BCUT2D eigenvalue weighted by molar-refractivity contribution is 0.601. The van der Waals surface area contributed by atoms with Crippen LogP contribution in [0.5, 0.6) is 0 Å². The largest absolute Gasteiger partial charge is 0.384 e. The van der Waals surface area contributed by atoms with Crippen LogP contribution in [0.3, 0.4) is 0 Å². The van der Waals surface area contributed by atoms with Crippen LogP contribution in [0.25, 0.3) is 0 Å². The maximum atomic E-state index is 12.4. The Morgan fingerprint density at radius 2 is 2.00 bits per heavy atom. The third kappa shape index (κ3) is 3.02. The zero-order chi connectivity index (χ0) is 15.0. The summed E-state index contributed by atoms with van der Waals surface area (Å²) in [7, 11) is -3.62. The van der Waals surface area contributed by atoms with Gasteiger partial charge < -0.3 is 5.32 Å². The van der Waals surface area contributed by atoms with Crippen LogP contribution in [0.15, 0.2) is 45.8 Å². The number of hydrogen-bond acceptors (Lipinski definition) is 3. The normalized spacial score (nSPS) is 13.6. The molecule has 0 atom stereocenters. The Morgan fingerprint density at radius 3 is 2.76 bits per heavy atom. The molecule has 0 spiro atoms. The molecule has 3 rings (SSSR count). The Kier molecular flexibility index (Phi) is 3.86. The monoisotopic (exact) mass is 386 g/mol. The van der Waals surface area contributed by atoms with Gasteiger partial charge in [0, 0.05) is 16.7 Å². The van der Waals surface area contributed by atoms with Crippen LogP contribution in [0.2, 0.25) is 5.02 Å². The van der Waals surface area contributed by atoms with Gasteiger partial charge in [0.15, 0.2) is 0 Å².